The number of hydrogen-bond acceptors (Lipinski definition) is 3. The summed E-state index contributed by atoms with van der Waals surface area (Å²) in [6.07, 6.45) is 3.01. The number of nitrogens with one attached hydrogen (secondary N) is 1. The summed E-state index contributed by atoms with van der Waals surface area (Å²) in [5, 5.41) is 13.2. The van der Waals surface area contributed by atoms with Gasteiger partial charge < -0.3 is 15.2 Å². The van der Waals surface area contributed by atoms with Crippen molar-refractivity contribution in [3.63, 3.8) is 0 Å². The molecule has 128 valence electrons. The summed E-state index contributed by atoms with van der Waals surface area (Å²) in [7, 11) is 0. The van der Waals surface area contributed by atoms with Gasteiger partial charge in [-0.1, -0.05) is 37.3 Å². The van der Waals surface area contributed by atoms with Gasteiger partial charge in [0, 0.05) is 11.5 Å². The van der Waals surface area contributed by atoms with Gasteiger partial charge in [-0.05, 0) is 62.0 Å². The van der Waals surface area contributed by atoms with E-state index in [4.69, 9.17) is 4.74 Å². The summed E-state index contributed by atoms with van der Waals surface area (Å²) in [4.78, 5) is 0. The molecule has 0 radical (unpaired) electrons. The van der Waals surface area contributed by atoms with E-state index in [0.29, 0.717) is 6.61 Å². The third-order valence-electron chi connectivity index (χ3n) is 5.16. The maximum absolute atomic E-state index is 9.75. The van der Waals surface area contributed by atoms with Crippen molar-refractivity contribution in [3.05, 3.63) is 59.2 Å². The van der Waals surface area contributed by atoms with E-state index in [9.17, 15) is 5.11 Å². The van der Waals surface area contributed by atoms with E-state index in [1.54, 1.807) is 12.1 Å². The first-order chi connectivity index (χ1) is 11.6. The van der Waals surface area contributed by atoms with Crippen LogP contribution >= 0.6 is 0 Å². The third kappa shape index (κ3) is 3.41. The van der Waals surface area contributed by atoms with Crippen molar-refractivity contribution in [1.29, 1.82) is 0 Å². The van der Waals surface area contributed by atoms with Crippen LogP contribution < -0.4 is 10.1 Å². The van der Waals surface area contributed by atoms with Crippen LogP contribution in [0.4, 0.5) is 0 Å². The Morgan fingerprint density at radius 2 is 2.04 bits per heavy atom. The van der Waals surface area contributed by atoms with Gasteiger partial charge in [0.2, 0.25) is 0 Å². The molecule has 24 heavy (non-hydrogen) atoms. The van der Waals surface area contributed by atoms with E-state index in [0.717, 1.165) is 38.1 Å². The van der Waals surface area contributed by atoms with Crippen molar-refractivity contribution in [1.82, 2.24) is 5.32 Å². The van der Waals surface area contributed by atoms with Crippen LogP contribution in [0.2, 0.25) is 0 Å². The van der Waals surface area contributed by atoms with Crippen molar-refractivity contribution in [3.8, 4) is 11.5 Å². The molecular formula is C21H27NO2. The highest BCUT2D eigenvalue weighted by molar-refractivity contribution is 5.44. The molecule has 1 unspecified atom stereocenters. The van der Waals surface area contributed by atoms with Crippen LogP contribution in [0, 0.1) is 6.92 Å². The molecule has 2 aromatic carbocycles. The number of phenols is 1. The molecule has 1 aliphatic rings. The Morgan fingerprint density at radius 1 is 1.21 bits per heavy atom. The zero-order valence-corrected chi connectivity index (χ0v) is 14.6. The molecule has 1 atom stereocenters. The molecule has 0 bridgehead atoms. The quantitative estimate of drug-likeness (QED) is 0.818. The van der Waals surface area contributed by atoms with E-state index in [1.807, 2.05) is 6.07 Å². The second-order valence-electron chi connectivity index (χ2n) is 6.77. The molecule has 1 aliphatic heterocycles. The van der Waals surface area contributed by atoms with Crippen LogP contribution in [0.15, 0.2) is 42.5 Å². The van der Waals surface area contributed by atoms with Crippen LogP contribution in [0.3, 0.4) is 0 Å². The van der Waals surface area contributed by atoms with Crippen molar-refractivity contribution in [2.45, 2.75) is 38.5 Å². The zero-order chi connectivity index (χ0) is 17.0. The lowest BCUT2D eigenvalue weighted by molar-refractivity contribution is 0.263. The summed E-state index contributed by atoms with van der Waals surface area (Å²) in [5.41, 5.74) is 4.02. The smallest absolute Gasteiger partial charge is 0.126 e. The summed E-state index contributed by atoms with van der Waals surface area (Å²) in [5.74, 6) is 1.10. The molecule has 0 saturated heterocycles. The Kier molecular flexibility index (Phi) is 5.10. The largest absolute Gasteiger partial charge is 0.508 e. The van der Waals surface area contributed by atoms with Crippen molar-refractivity contribution >= 4 is 0 Å². The van der Waals surface area contributed by atoms with Gasteiger partial charge in [0.1, 0.15) is 11.5 Å². The minimum absolute atomic E-state index is 0.0652. The fourth-order valence-electron chi connectivity index (χ4n) is 3.88. The summed E-state index contributed by atoms with van der Waals surface area (Å²) in [6, 6.07) is 14.2. The molecule has 3 rings (SSSR count). The second kappa shape index (κ2) is 7.27. The predicted molar refractivity (Wildman–Crippen MR) is 97.9 cm³/mol. The van der Waals surface area contributed by atoms with Gasteiger partial charge in [0.05, 0.1) is 6.61 Å². The highest BCUT2D eigenvalue weighted by Gasteiger charge is 2.36. The lowest BCUT2D eigenvalue weighted by Crippen LogP contribution is -2.34. The van der Waals surface area contributed by atoms with Crippen molar-refractivity contribution < 1.29 is 9.84 Å². The summed E-state index contributed by atoms with van der Waals surface area (Å²) < 4.78 is 5.97. The molecule has 3 heteroatoms. The Balaban J connectivity index is 2.01. The lowest BCUT2D eigenvalue weighted by atomic mass is 9.69. The van der Waals surface area contributed by atoms with Crippen LogP contribution in [-0.2, 0) is 11.8 Å². The van der Waals surface area contributed by atoms with Gasteiger partial charge in [0.25, 0.3) is 0 Å². The second-order valence-corrected chi connectivity index (χ2v) is 6.77. The summed E-state index contributed by atoms with van der Waals surface area (Å²) >= 11 is 0. The Morgan fingerprint density at radius 3 is 2.83 bits per heavy atom. The number of rotatable bonds is 5. The minimum atomic E-state index is 0.0652. The number of aromatic hydroxyl groups is 1. The van der Waals surface area contributed by atoms with Gasteiger partial charge in [0.15, 0.2) is 0 Å². The van der Waals surface area contributed by atoms with E-state index in [-0.39, 0.29) is 11.2 Å². The van der Waals surface area contributed by atoms with Crippen LogP contribution in [0.25, 0.3) is 0 Å². The van der Waals surface area contributed by atoms with Crippen molar-refractivity contribution in [2.75, 3.05) is 19.7 Å². The van der Waals surface area contributed by atoms with E-state index in [1.165, 1.54) is 16.7 Å². The van der Waals surface area contributed by atoms with E-state index in [2.05, 4.69) is 43.4 Å². The van der Waals surface area contributed by atoms with E-state index < -0.39 is 0 Å². The molecule has 3 nitrogen and oxygen atoms in total. The van der Waals surface area contributed by atoms with Crippen LogP contribution in [0.5, 0.6) is 11.5 Å². The predicted octanol–water partition coefficient (Wildman–Crippen LogP) is 3.96. The van der Waals surface area contributed by atoms with Gasteiger partial charge >= 0.3 is 0 Å². The monoisotopic (exact) mass is 325 g/mol. The first-order valence-corrected chi connectivity index (χ1v) is 8.86. The van der Waals surface area contributed by atoms with Crippen molar-refractivity contribution in [2.24, 2.45) is 0 Å². The first kappa shape index (κ1) is 16.8. The Bertz CT molecular complexity index is 698. The molecule has 2 N–H and O–H groups in total. The Hall–Kier alpha value is -2.00. The highest BCUT2D eigenvalue weighted by Crippen LogP contribution is 2.42. The maximum Gasteiger partial charge on any atom is 0.126 e. The molecule has 0 saturated carbocycles. The van der Waals surface area contributed by atoms with Gasteiger partial charge in [-0.25, -0.2) is 0 Å². The average Bonchev–Trinajstić information content (AvgIpc) is 2.75. The molecule has 2 aromatic rings. The van der Waals surface area contributed by atoms with Gasteiger partial charge in [-0.3, -0.25) is 0 Å². The molecule has 0 aromatic heterocycles. The lowest BCUT2D eigenvalue weighted by Gasteiger charge is -2.34. The third-order valence-corrected chi connectivity index (χ3v) is 5.16. The number of aryl methyl sites for hydroxylation is 1. The average molecular weight is 325 g/mol. The Labute approximate surface area is 144 Å². The normalized spacial score (nSPS) is 20.1. The number of hydrogen-bond donors (Lipinski definition) is 2. The molecule has 0 aliphatic carbocycles. The van der Waals surface area contributed by atoms with E-state index >= 15 is 0 Å². The number of benzene rings is 2. The minimum Gasteiger partial charge on any atom is -0.508 e. The topological polar surface area (TPSA) is 41.5 Å². The standard InChI is InChI=1S/C21H27NO2/c1-3-22-12-10-21(19-7-5-4-6-16(19)2)11-13-24-20-14-18(23)9-8-17(20)15-21/h4-9,14,22-23H,3,10-13,15H2,1-2H3. The highest BCUT2D eigenvalue weighted by atomic mass is 16.5. The molecular weight excluding hydrogens is 298 g/mol. The number of phenolic OH excluding ortho intramolecular Hbond substituents is 1. The van der Waals surface area contributed by atoms with Gasteiger partial charge in [-0.2, -0.15) is 0 Å². The van der Waals surface area contributed by atoms with Crippen LogP contribution in [0.1, 0.15) is 36.5 Å². The van der Waals surface area contributed by atoms with Gasteiger partial charge in [-0.15, -0.1) is 0 Å². The molecule has 0 spiro atoms. The molecule has 1 heterocycles. The molecule has 0 fully saturated rings. The number of fused-ring (bicyclic) bond motifs is 1. The molecule has 0 amide bonds. The summed E-state index contributed by atoms with van der Waals surface area (Å²) in [6.45, 7) is 7.02. The number of ether oxygens (including phenoxy) is 1. The fourth-order valence-corrected chi connectivity index (χ4v) is 3.88. The fraction of sp³-hybridized carbons (Fsp3) is 0.429. The first-order valence-electron chi connectivity index (χ1n) is 8.86. The SMILES string of the molecule is CCNCCC1(c2ccccc2C)CCOc2cc(O)ccc2C1. The maximum atomic E-state index is 9.75. The zero-order valence-electron chi connectivity index (χ0n) is 14.6. The van der Waals surface area contributed by atoms with Crippen LogP contribution in [-0.4, -0.2) is 24.8 Å².